The molecule has 0 fully saturated rings. The largest absolute Gasteiger partial charge is 0.303 e. The Kier molecular flexibility index (Phi) is 4.81. The Hall–Kier alpha value is -0.660. The van der Waals surface area contributed by atoms with Gasteiger partial charge >= 0.3 is 0 Å². The van der Waals surface area contributed by atoms with Gasteiger partial charge in [-0.3, -0.25) is 4.79 Å². The molecule has 0 rings (SSSR count). The molecule has 0 spiro atoms. The first-order chi connectivity index (χ1) is 4.74. The second-order valence-corrected chi connectivity index (χ2v) is 2.40. The van der Waals surface area contributed by atoms with Crippen LogP contribution in [0.25, 0.3) is 0 Å². The second-order valence-electron chi connectivity index (χ2n) is 2.40. The van der Waals surface area contributed by atoms with Gasteiger partial charge in [0.15, 0.2) is 0 Å². The van der Waals surface area contributed by atoms with E-state index >= 15 is 0 Å². The molecule has 0 aliphatic rings. The molecule has 2 nitrogen and oxygen atoms in total. The Morgan fingerprint density at radius 1 is 1.50 bits per heavy atom. The van der Waals surface area contributed by atoms with Gasteiger partial charge in [0.2, 0.25) is 0 Å². The first-order valence-corrected chi connectivity index (χ1v) is 3.71. The Balaban J connectivity index is 3.62. The van der Waals surface area contributed by atoms with Crippen LogP contribution in [-0.2, 0) is 9.59 Å². The van der Waals surface area contributed by atoms with E-state index < -0.39 is 0 Å². The topological polar surface area (TPSA) is 34.1 Å². The van der Waals surface area contributed by atoms with Gasteiger partial charge in [-0.15, -0.1) is 0 Å². The first-order valence-electron chi connectivity index (χ1n) is 3.71. The Labute approximate surface area is 61.6 Å². The fourth-order valence-electron chi connectivity index (χ4n) is 0.725. The van der Waals surface area contributed by atoms with Gasteiger partial charge < -0.3 is 4.79 Å². The average molecular weight is 142 g/mol. The summed E-state index contributed by atoms with van der Waals surface area (Å²) < 4.78 is 0. The number of rotatable bonds is 5. The number of hydrogen-bond donors (Lipinski definition) is 0. The summed E-state index contributed by atoms with van der Waals surface area (Å²) >= 11 is 0. The molecule has 0 aliphatic carbocycles. The maximum Gasteiger partial charge on any atom is 0.133 e. The molecule has 0 aliphatic heterocycles. The van der Waals surface area contributed by atoms with Crippen molar-refractivity contribution in [2.24, 2.45) is 5.92 Å². The highest BCUT2D eigenvalue weighted by Crippen LogP contribution is 2.05. The molecular weight excluding hydrogens is 128 g/mol. The van der Waals surface area contributed by atoms with Crippen molar-refractivity contribution in [1.29, 1.82) is 0 Å². The highest BCUT2D eigenvalue weighted by atomic mass is 16.1. The maximum atomic E-state index is 10.8. The van der Waals surface area contributed by atoms with Gasteiger partial charge in [-0.1, -0.05) is 13.8 Å². The molecule has 0 bridgehead atoms. The summed E-state index contributed by atoms with van der Waals surface area (Å²) in [6.07, 6.45) is 2.61. The minimum absolute atomic E-state index is 0.0487. The molecule has 0 radical (unpaired) electrons. The summed E-state index contributed by atoms with van der Waals surface area (Å²) in [6.45, 7) is 3.74. The minimum Gasteiger partial charge on any atom is -0.303 e. The molecule has 0 aromatic carbocycles. The third-order valence-corrected chi connectivity index (χ3v) is 1.60. The zero-order valence-corrected chi connectivity index (χ0v) is 6.59. The van der Waals surface area contributed by atoms with Gasteiger partial charge in [0.1, 0.15) is 12.1 Å². The van der Waals surface area contributed by atoms with Crippen LogP contribution >= 0.6 is 0 Å². The Bertz CT molecular complexity index is 118. The molecule has 0 saturated carbocycles. The number of aldehydes is 1. The van der Waals surface area contributed by atoms with Crippen LogP contribution in [-0.4, -0.2) is 12.1 Å². The van der Waals surface area contributed by atoms with E-state index in [1.54, 1.807) is 0 Å². The van der Waals surface area contributed by atoms with Crippen LogP contribution in [0.15, 0.2) is 0 Å². The van der Waals surface area contributed by atoms with Crippen LogP contribution in [0.5, 0.6) is 0 Å². The van der Waals surface area contributed by atoms with E-state index in [2.05, 4.69) is 0 Å². The lowest BCUT2D eigenvalue weighted by atomic mass is 10.0. The van der Waals surface area contributed by atoms with Gasteiger partial charge in [0.25, 0.3) is 0 Å². The summed E-state index contributed by atoms with van der Waals surface area (Å²) in [5.41, 5.74) is 0. The normalized spacial score (nSPS) is 12.6. The third-order valence-electron chi connectivity index (χ3n) is 1.60. The molecule has 0 heterocycles. The van der Waals surface area contributed by atoms with E-state index in [0.717, 1.165) is 12.7 Å². The van der Waals surface area contributed by atoms with Crippen molar-refractivity contribution in [3.05, 3.63) is 0 Å². The summed E-state index contributed by atoms with van der Waals surface area (Å²) in [7, 11) is 0. The van der Waals surface area contributed by atoms with Gasteiger partial charge in [0.05, 0.1) is 0 Å². The molecule has 2 heteroatoms. The maximum absolute atomic E-state index is 10.8. The van der Waals surface area contributed by atoms with Gasteiger partial charge in [-0.05, 0) is 6.42 Å². The van der Waals surface area contributed by atoms with Crippen LogP contribution in [0.4, 0.5) is 0 Å². The first kappa shape index (κ1) is 9.34. The predicted octanol–water partition coefficient (Wildman–Crippen LogP) is 1.58. The fraction of sp³-hybridized carbons (Fsp3) is 0.750. The third kappa shape index (κ3) is 3.38. The lowest BCUT2D eigenvalue weighted by Gasteiger charge is -2.02. The Morgan fingerprint density at radius 2 is 2.10 bits per heavy atom. The number of ketones is 1. The summed E-state index contributed by atoms with van der Waals surface area (Å²) in [5.74, 6) is 0.131. The SMILES string of the molecule is CCC(=O)CC(C=O)CC. The molecule has 58 valence electrons. The predicted molar refractivity (Wildman–Crippen MR) is 39.8 cm³/mol. The molecule has 0 saturated heterocycles. The minimum atomic E-state index is -0.0487. The van der Waals surface area contributed by atoms with Crippen LogP contribution in [0.3, 0.4) is 0 Å². The molecule has 1 atom stereocenters. The van der Waals surface area contributed by atoms with E-state index in [-0.39, 0.29) is 11.7 Å². The number of Topliss-reactive ketones (excluding diaryl/α,β-unsaturated/α-hetero) is 1. The van der Waals surface area contributed by atoms with Gasteiger partial charge in [-0.25, -0.2) is 0 Å². The van der Waals surface area contributed by atoms with Crippen molar-refractivity contribution < 1.29 is 9.59 Å². The van der Waals surface area contributed by atoms with Crippen molar-refractivity contribution in [2.75, 3.05) is 0 Å². The van der Waals surface area contributed by atoms with Crippen molar-refractivity contribution >= 4 is 12.1 Å². The van der Waals surface area contributed by atoms with Crippen LogP contribution < -0.4 is 0 Å². The zero-order chi connectivity index (χ0) is 7.98. The highest BCUT2D eigenvalue weighted by molar-refractivity contribution is 5.80. The lowest BCUT2D eigenvalue weighted by molar-refractivity contribution is -0.122. The van der Waals surface area contributed by atoms with E-state index in [1.165, 1.54) is 0 Å². The number of carbonyl (C=O) groups is 2. The van der Waals surface area contributed by atoms with Gasteiger partial charge in [-0.2, -0.15) is 0 Å². The summed E-state index contributed by atoms with van der Waals surface area (Å²) in [4.78, 5) is 21.0. The second kappa shape index (κ2) is 5.15. The molecule has 0 N–H and O–H groups in total. The van der Waals surface area contributed by atoms with Crippen molar-refractivity contribution in [1.82, 2.24) is 0 Å². The Morgan fingerprint density at radius 3 is 2.40 bits per heavy atom. The zero-order valence-electron chi connectivity index (χ0n) is 6.59. The molecule has 0 amide bonds. The van der Waals surface area contributed by atoms with Crippen molar-refractivity contribution in [3.63, 3.8) is 0 Å². The molecule has 0 aromatic heterocycles. The summed E-state index contributed by atoms with van der Waals surface area (Å²) in [6, 6.07) is 0. The average Bonchev–Trinajstić information content (AvgIpc) is 1.99. The van der Waals surface area contributed by atoms with Crippen LogP contribution in [0.1, 0.15) is 33.1 Å². The molecule has 1 unspecified atom stereocenters. The van der Waals surface area contributed by atoms with Crippen LogP contribution in [0, 0.1) is 5.92 Å². The van der Waals surface area contributed by atoms with Crippen LogP contribution in [0.2, 0.25) is 0 Å². The molecule has 0 aromatic rings. The molecular formula is C8H14O2. The number of carbonyl (C=O) groups excluding carboxylic acids is 2. The monoisotopic (exact) mass is 142 g/mol. The smallest absolute Gasteiger partial charge is 0.133 e. The van der Waals surface area contributed by atoms with E-state index in [4.69, 9.17) is 0 Å². The highest BCUT2D eigenvalue weighted by Gasteiger charge is 2.08. The van der Waals surface area contributed by atoms with E-state index in [1.807, 2.05) is 13.8 Å². The lowest BCUT2D eigenvalue weighted by Crippen LogP contribution is -2.07. The summed E-state index contributed by atoms with van der Waals surface area (Å²) in [5, 5.41) is 0. The van der Waals surface area contributed by atoms with Gasteiger partial charge in [0, 0.05) is 18.8 Å². The number of hydrogen-bond acceptors (Lipinski definition) is 2. The standard InChI is InChI=1S/C8H14O2/c1-3-7(6-9)5-8(10)4-2/h6-7H,3-5H2,1-2H3. The molecule has 10 heavy (non-hydrogen) atoms. The van der Waals surface area contributed by atoms with Crippen molar-refractivity contribution in [3.8, 4) is 0 Å². The fourth-order valence-corrected chi connectivity index (χ4v) is 0.725. The quantitative estimate of drug-likeness (QED) is 0.546. The van der Waals surface area contributed by atoms with E-state index in [0.29, 0.717) is 12.8 Å². The van der Waals surface area contributed by atoms with E-state index in [9.17, 15) is 9.59 Å². The van der Waals surface area contributed by atoms with Crippen molar-refractivity contribution in [2.45, 2.75) is 33.1 Å².